The van der Waals surface area contributed by atoms with Crippen LogP contribution in [0, 0.1) is 6.92 Å². The normalized spacial score (nSPS) is 12.6. The highest BCUT2D eigenvalue weighted by Gasteiger charge is 2.13. The van der Waals surface area contributed by atoms with Gasteiger partial charge in [0.25, 0.3) is 0 Å². The lowest BCUT2D eigenvalue weighted by molar-refractivity contribution is -0.121. The molecule has 128 valence electrons. The van der Waals surface area contributed by atoms with E-state index in [4.69, 9.17) is 5.14 Å². The van der Waals surface area contributed by atoms with Crippen molar-refractivity contribution in [2.75, 3.05) is 0 Å². The van der Waals surface area contributed by atoms with Crippen LogP contribution >= 0.6 is 0 Å². The largest absolute Gasteiger partial charge is 0.350 e. The summed E-state index contributed by atoms with van der Waals surface area (Å²) in [5.41, 5.74) is 3.00. The summed E-state index contributed by atoms with van der Waals surface area (Å²) in [5, 5.41) is 8.02. The van der Waals surface area contributed by atoms with Crippen molar-refractivity contribution < 1.29 is 13.2 Å². The fourth-order valence-electron chi connectivity index (χ4n) is 2.37. The number of carbonyl (C=O) groups excluding carboxylic acids is 1. The van der Waals surface area contributed by atoms with Gasteiger partial charge in [-0.15, -0.1) is 0 Å². The molecule has 1 amide bonds. The Balaban J connectivity index is 1.95. The summed E-state index contributed by atoms with van der Waals surface area (Å²) in [6.45, 7) is 3.83. The van der Waals surface area contributed by atoms with Crippen LogP contribution in [0.25, 0.3) is 0 Å². The second kappa shape index (κ2) is 7.59. The number of amides is 1. The van der Waals surface area contributed by atoms with Crippen LogP contribution in [-0.2, 0) is 21.2 Å². The van der Waals surface area contributed by atoms with Crippen LogP contribution in [0.4, 0.5) is 0 Å². The third-order valence-electron chi connectivity index (χ3n) is 3.83. The molecular weight excluding hydrogens is 324 g/mol. The molecule has 2 aromatic carbocycles. The first kappa shape index (κ1) is 18.2. The second-order valence-electron chi connectivity index (χ2n) is 5.89. The first-order valence-electron chi connectivity index (χ1n) is 7.73. The maximum Gasteiger partial charge on any atom is 0.238 e. The van der Waals surface area contributed by atoms with Gasteiger partial charge in [0.05, 0.1) is 10.9 Å². The molecule has 0 saturated carbocycles. The molecule has 0 fully saturated rings. The zero-order chi connectivity index (χ0) is 17.7. The van der Waals surface area contributed by atoms with Crippen molar-refractivity contribution in [1.82, 2.24) is 5.32 Å². The number of hydrogen-bond donors (Lipinski definition) is 2. The quantitative estimate of drug-likeness (QED) is 0.842. The lowest BCUT2D eigenvalue weighted by Gasteiger charge is -2.15. The van der Waals surface area contributed by atoms with Crippen LogP contribution in [0.2, 0.25) is 0 Å². The van der Waals surface area contributed by atoms with Crippen molar-refractivity contribution in [2.24, 2.45) is 5.14 Å². The highest BCUT2D eigenvalue weighted by molar-refractivity contribution is 7.89. The topological polar surface area (TPSA) is 89.3 Å². The Bertz CT molecular complexity index is 814. The molecule has 0 saturated heterocycles. The van der Waals surface area contributed by atoms with E-state index in [9.17, 15) is 13.2 Å². The molecule has 0 bridgehead atoms. The molecule has 0 heterocycles. The van der Waals surface area contributed by atoms with E-state index in [1.54, 1.807) is 12.1 Å². The van der Waals surface area contributed by atoms with Gasteiger partial charge in [-0.25, -0.2) is 13.6 Å². The predicted molar refractivity (Wildman–Crippen MR) is 93.9 cm³/mol. The van der Waals surface area contributed by atoms with Crippen molar-refractivity contribution in [3.8, 4) is 0 Å². The zero-order valence-corrected chi connectivity index (χ0v) is 14.6. The second-order valence-corrected chi connectivity index (χ2v) is 7.45. The molecule has 0 aliphatic carbocycles. The lowest BCUT2D eigenvalue weighted by atomic mass is 10.1. The summed E-state index contributed by atoms with van der Waals surface area (Å²) in [7, 11) is -3.75. The minimum Gasteiger partial charge on any atom is -0.350 e. The number of primary sulfonamides is 1. The van der Waals surface area contributed by atoms with Gasteiger partial charge >= 0.3 is 0 Å². The van der Waals surface area contributed by atoms with E-state index in [0.717, 1.165) is 5.56 Å². The summed E-state index contributed by atoms with van der Waals surface area (Å²) >= 11 is 0. The van der Waals surface area contributed by atoms with Crippen LogP contribution in [0.15, 0.2) is 53.4 Å². The molecule has 24 heavy (non-hydrogen) atoms. The minimum absolute atomic E-state index is 0.0424. The van der Waals surface area contributed by atoms with E-state index in [2.05, 4.69) is 5.32 Å². The number of hydrogen-bond acceptors (Lipinski definition) is 3. The van der Waals surface area contributed by atoms with E-state index in [-0.39, 0.29) is 16.8 Å². The van der Waals surface area contributed by atoms with E-state index in [0.29, 0.717) is 18.4 Å². The van der Waals surface area contributed by atoms with Gasteiger partial charge < -0.3 is 5.32 Å². The molecule has 0 aliphatic rings. The highest BCUT2D eigenvalue weighted by Crippen LogP contribution is 2.17. The van der Waals surface area contributed by atoms with Crippen LogP contribution in [0.5, 0.6) is 0 Å². The molecule has 2 aromatic rings. The van der Waals surface area contributed by atoms with Gasteiger partial charge in [-0.1, -0.05) is 42.0 Å². The molecular formula is C18H22N2O3S. The Morgan fingerprint density at radius 2 is 1.83 bits per heavy atom. The van der Waals surface area contributed by atoms with Crippen LogP contribution < -0.4 is 10.5 Å². The number of benzene rings is 2. The van der Waals surface area contributed by atoms with Gasteiger partial charge in [-0.2, -0.15) is 0 Å². The minimum atomic E-state index is -3.75. The van der Waals surface area contributed by atoms with Gasteiger partial charge in [0.1, 0.15) is 0 Å². The molecule has 0 radical (unpaired) electrons. The maximum absolute atomic E-state index is 12.1. The summed E-state index contributed by atoms with van der Waals surface area (Å²) in [6.07, 6.45) is 1.04. The van der Waals surface area contributed by atoms with Crippen molar-refractivity contribution in [1.29, 1.82) is 0 Å². The Labute approximate surface area is 142 Å². The van der Waals surface area contributed by atoms with Gasteiger partial charge in [-0.05, 0) is 43.5 Å². The van der Waals surface area contributed by atoms with Crippen molar-refractivity contribution in [3.63, 3.8) is 0 Å². The molecule has 1 atom stereocenters. The number of aryl methyl sites for hydroxylation is 2. The molecule has 0 aliphatic heterocycles. The van der Waals surface area contributed by atoms with E-state index in [1.807, 2.05) is 38.1 Å². The SMILES string of the molecule is Cc1ccc(CCC(=O)N[C@H](C)c2cccc(S(N)(=O)=O)c2)cc1. The van der Waals surface area contributed by atoms with Crippen LogP contribution in [-0.4, -0.2) is 14.3 Å². The summed E-state index contributed by atoms with van der Waals surface area (Å²) in [5.74, 6) is -0.0796. The number of carbonyl (C=O) groups is 1. The maximum atomic E-state index is 12.1. The molecule has 0 spiro atoms. The first-order chi connectivity index (χ1) is 11.3. The molecule has 0 unspecified atom stereocenters. The lowest BCUT2D eigenvalue weighted by Crippen LogP contribution is -2.27. The van der Waals surface area contributed by atoms with Crippen molar-refractivity contribution >= 4 is 15.9 Å². The number of nitrogens with one attached hydrogen (secondary N) is 1. The van der Waals surface area contributed by atoms with E-state index < -0.39 is 10.0 Å². The van der Waals surface area contributed by atoms with E-state index in [1.165, 1.54) is 17.7 Å². The van der Waals surface area contributed by atoms with Crippen LogP contribution in [0.3, 0.4) is 0 Å². The smallest absolute Gasteiger partial charge is 0.238 e. The Morgan fingerprint density at radius 3 is 2.46 bits per heavy atom. The molecule has 6 heteroatoms. The van der Waals surface area contributed by atoms with Crippen molar-refractivity contribution in [3.05, 3.63) is 65.2 Å². The average Bonchev–Trinajstić information content (AvgIpc) is 2.53. The summed E-state index contributed by atoms with van der Waals surface area (Å²) in [4.78, 5) is 12.1. The Hall–Kier alpha value is -2.18. The third-order valence-corrected chi connectivity index (χ3v) is 4.74. The molecule has 0 aromatic heterocycles. The number of sulfonamides is 1. The Kier molecular flexibility index (Phi) is 5.75. The van der Waals surface area contributed by atoms with Crippen molar-refractivity contribution in [2.45, 2.75) is 37.6 Å². The third kappa shape index (κ3) is 5.18. The molecule has 5 nitrogen and oxygen atoms in total. The molecule has 2 rings (SSSR count). The van der Waals surface area contributed by atoms with Gasteiger partial charge in [0, 0.05) is 6.42 Å². The van der Waals surface area contributed by atoms with Gasteiger partial charge in [0.15, 0.2) is 0 Å². The predicted octanol–water partition coefficient (Wildman–Crippen LogP) is 2.45. The van der Waals surface area contributed by atoms with Crippen LogP contribution in [0.1, 0.15) is 36.1 Å². The number of rotatable bonds is 6. The fraction of sp³-hybridized carbons (Fsp3) is 0.278. The zero-order valence-electron chi connectivity index (χ0n) is 13.8. The van der Waals surface area contributed by atoms with E-state index >= 15 is 0 Å². The monoisotopic (exact) mass is 346 g/mol. The van der Waals surface area contributed by atoms with Gasteiger partial charge in [-0.3, -0.25) is 4.79 Å². The first-order valence-corrected chi connectivity index (χ1v) is 9.28. The summed E-state index contributed by atoms with van der Waals surface area (Å²) in [6, 6.07) is 14.1. The number of nitrogens with two attached hydrogens (primary N) is 1. The Morgan fingerprint density at radius 1 is 1.17 bits per heavy atom. The van der Waals surface area contributed by atoms with Gasteiger partial charge in [0.2, 0.25) is 15.9 Å². The highest BCUT2D eigenvalue weighted by atomic mass is 32.2. The standard InChI is InChI=1S/C18H22N2O3S/c1-13-6-8-15(9-7-13)10-11-18(21)20-14(2)16-4-3-5-17(12-16)24(19,22)23/h3-9,12,14H,10-11H2,1-2H3,(H,20,21)(H2,19,22,23)/t14-/m1/s1. The fourth-order valence-corrected chi connectivity index (χ4v) is 2.94. The summed E-state index contributed by atoms with van der Waals surface area (Å²) < 4.78 is 22.8. The molecule has 3 N–H and O–H groups in total. The average molecular weight is 346 g/mol.